The molecular formula is C9H17NO2. The van der Waals surface area contributed by atoms with Gasteiger partial charge in [0.2, 0.25) is 0 Å². The lowest BCUT2D eigenvalue weighted by Gasteiger charge is -2.32. The van der Waals surface area contributed by atoms with Gasteiger partial charge >= 0.3 is 5.97 Å². The van der Waals surface area contributed by atoms with Gasteiger partial charge in [0.1, 0.15) is 6.61 Å². The van der Waals surface area contributed by atoms with Crippen molar-refractivity contribution in [3.63, 3.8) is 0 Å². The predicted molar refractivity (Wildman–Crippen MR) is 46.8 cm³/mol. The van der Waals surface area contributed by atoms with Crippen LogP contribution in [0.15, 0.2) is 0 Å². The van der Waals surface area contributed by atoms with Crippen LogP contribution in [0, 0.1) is 5.92 Å². The first-order valence-corrected chi connectivity index (χ1v) is 4.45. The summed E-state index contributed by atoms with van der Waals surface area (Å²) >= 11 is 0. The van der Waals surface area contributed by atoms with Gasteiger partial charge in [-0.05, 0) is 19.4 Å². The van der Waals surface area contributed by atoms with E-state index in [1.54, 1.807) is 0 Å². The Kier molecular flexibility index (Phi) is 3.09. The van der Waals surface area contributed by atoms with Crippen LogP contribution >= 0.6 is 0 Å². The van der Waals surface area contributed by atoms with Crippen LogP contribution in [0.3, 0.4) is 0 Å². The van der Waals surface area contributed by atoms with Gasteiger partial charge in [0, 0.05) is 6.04 Å². The van der Waals surface area contributed by atoms with E-state index in [4.69, 9.17) is 4.74 Å². The second-order valence-electron chi connectivity index (χ2n) is 3.88. The molecule has 0 N–H and O–H groups in total. The molecule has 0 spiro atoms. The van der Waals surface area contributed by atoms with Crippen LogP contribution in [-0.2, 0) is 9.53 Å². The highest BCUT2D eigenvalue weighted by Crippen LogP contribution is 2.13. The van der Waals surface area contributed by atoms with Gasteiger partial charge in [0.25, 0.3) is 0 Å². The molecule has 3 heteroatoms. The van der Waals surface area contributed by atoms with Crippen LogP contribution in [0.4, 0.5) is 0 Å². The van der Waals surface area contributed by atoms with Crippen molar-refractivity contribution >= 4 is 5.97 Å². The monoisotopic (exact) mass is 171 g/mol. The molecule has 0 saturated carbocycles. The van der Waals surface area contributed by atoms with E-state index in [-0.39, 0.29) is 5.97 Å². The van der Waals surface area contributed by atoms with Gasteiger partial charge < -0.3 is 4.74 Å². The number of morpholine rings is 1. The summed E-state index contributed by atoms with van der Waals surface area (Å²) in [7, 11) is 1.98. The first-order chi connectivity index (χ1) is 5.59. The fourth-order valence-corrected chi connectivity index (χ4v) is 1.49. The molecule has 0 aromatic heterocycles. The number of nitrogens with zero attached hydrogens (tertiary/aromatic N) is 1. The Bertz CT molecular complexity index is 168. The van der Waals surface area contributed by atoms with E-state index in [1.165, 1.54) is 0 Å². The summed E-state index contributed by atoms with van der Waals surface area (Å²) in [4.78, 5) is 12.9. The molecule has 12 heavy (non-hydrogen) atoms. The molecule has 3 nitrogen and oxygen atoms in total. The fourth-order valence-electron chi connectivity index (χ4n) is 1.49. The zero-order valence-electron chi connectivity index (χ0n) is 8.04. The van der Waals surface area contributed by atoms with Crippen LogP contribution in [0.5, 0.6) is 0 Å². The molecule has 1 fully saturated rings. The van der Waals surface area contributed by atoms with Gasteiger partial charge in [-0.15, -0.1) is 0 Å². The van der Waals surface area contributed by atoms with Crippen molar-refractivity contribution in [3.8, 4) is 0 Å². The van der Waals surface area contributed by atoms with Crippen molar-refractivity contribution in [3.05, 3.63) is 0 Å². The standard InChI is InChI=1S/C9H17NO2/c1-7(2)4-8-6-12-9(11)5-10(8)3/h7-8H,4-6H2,1-3H3/t8-/m1/s1. The Labute approximate surface area is 73.7 Å². The highest BCUT2D eigenvalue weighted by atomic mass is 16.5. The Morgan fingerprint density at radius 3 is 2.83 bits per heavy atom. The smallest absolute Gasteiger partial charge is 0.320 e. The molecular weight excluding hydrogens is 154 g/mol. The first kappa shape index (κ1) is 9.52. The highest BCUT2D eigenvalue weighted by molar-refractivity contribution is 5.72. The summed E-state index contributed by atoms with van der Waals surface area (Å²) in [6.07, 6.45) is 1.10. The van der Waals surface area contributed by atoms with E-state index in [0.29, 0.717) is 25.1 Å². The SMILES string of the molecule is CC(C)C[C@@H]1COC(=O)CN1C. The molecule has 1 rings (SSSR count). The minimum atomic E-state index is -0.0995. The largest absolute Gasteiger partial charge is 0.463 e. The second-order valence-corrected chi connectivity index (χ2v) is 3.88. The summed E-state index contributed by atoms with van der Waals surface area (Å²) in [5, 5.41) is 0. The van der Waals surface area contributed by atoms with Gasteiger partial charge in [0.05, 0.1) is 6.54 Å². The lowest BCUT2D eigenvalue weighted by atomic mass is 10.0. The van der Waals surface area contributed by atoms with Crippen molar-refractivity contribution in [2.45, 2.75) is 26.3 Å². The molecule has 1 saturated heterocycles. The molecule has 0 aromatic carbocycles. The van der Waals surface area contributed by atoms with Gasteiger partial charge in [-0.2, -0.15) is 0 Å². The average Bonchev–Trinajstić information content (AvgIpc) is 1.94. The first-order valence-electron chi connectivity index (χ1n) is 4.45. The predicted octanol–water partition coefficient (Wildman–Crippen LogP) is 0.890. The van der Waals surface area contributed by atoms with Crippen LogP contribution < -0.4 is 0 Å². The zero-order valence-corrected chi connectivity index (χ0v) is 8.04. The van der Waals surface area contributed by atoms with Crippen LogP contribution in [0.2, 0.25) is 0 Å². The maximum atomic E-state index is 10.8. The average molecular weight is 171 g/mol. The maximum absolute atomic E-state index is 10.8. The van der Waals surface area contributed by atoms with E-state index in [9.17, 15) is 4.79 Å². The van der Waals surface area contributed by atoms with Crippen molar-refractivity contribution in [1.82, 2.24) is 4.90 Å². The number of likely N-dealkylation sites (N-methyl/N-ethyl adjacent to an activating group) is 1. The van der Waals surface area contributed by atoms with E-state index in [1.807, 2.05) is 7.05 Å². The molecule has 1 atom stereocenters. The molecule has 1 aliphatic rings. The van der Waals surface area contributed by atoms with Crippen LogP contribution in [0.25, 0.3) is 0 Å². The molecule has 70 valence electrons. The van der Waals surface area contributed by atoms with Crippen molar-refractivity contribution in [2.24, 2.45) is 5.92 Å². The fraction of sp³-hybridized carbons (Fsp3) is 0.889. The molecule has 0 radical (unpaired) electrons. The summed E-state index contributed by atoms with van der Waals surface area (Å²) in [5.74, 6) is 0.562. The number of carbonyl (C=O) groups is 1. The topological polar surface area (TPSA) is 29.5 Å². The van der Waals surface area contributed by atoms with Gasteiger partial charge in [-0.1, -0.05) is 13.8 Å². The molecule has 0 amide bonds. The number of rotatable bonds is 2. The molecule has 0 unspecified atom stereocenters. The third-order valence-electron chi connectivity index (χ3n) is 2.18. The minimum absolute atomic E-state index is 0.0995. The van der Waals surface area contributed by atoms with Gasteiger partial charge in [0.15, 0.2) is 0 Å². The number of hydrogen-bond acceptors (Lipinski definition) is 3. The zero-order chi connectivity index (χ0) is 9.14. The number of carbonyl (C=O) groups excluding carboxylic acids is 1. The Morgan fingerprint density at radius 2 is 2.33 bits per heavy atom. The summed E-state index contributed by atoms with van der Waals surface area (Å²) < 4.78 is 4.98. The molecule has 0 bridgehead atoms. The van der Waals surface area contributed by atoms with Crippen molar-refractivity contribution < 1.29 is 9.53 Å². The molecule has 0 aliphatic carbocycles. The van der Waals surface area contributed by atoms with Crippen molar-refractivity contribution in [2.75, 3.05) is 20.2 Å². The lowest BCUT2D eigenvalue weighted by Crippen LogP contribution is -2.45. The third kappa shape index (κ3) is 2.48. The quantitative estimate of drug-likeness (QED) is 0.578. The Hall–Kier alpha value is -0.570. The number of cyclic esters (lactones) is 1. The lowest BCUT2D eigenvalue weighted by molar-refractivity contribution is -0.153. The van der Waals surface area contributed by atoms with E-state index in [0.717, 1.165) is 6.42 Å². The van der Waals surface area contributed by atoms with Crippen LogP contribution in [0.1, 0.15) is 20.3 Å². The molecule has 1 aliphatic heterocycles. The summed E-state index contributed by atoms with van der Waals surface area (Å²) in [5.41, 5.74) is 0. The van der Waals surface area contributed by atoms with Gasteiger partial charge in [-0.25, -0.2) is 0 Å². The normalized spacial score (nSPS) is 26.0. The summed E-state index contributed by atoms with van der Waals surface area (Å²) in [6.45, 7) is 5.37. The Balaban J connectivity index is 2.39. The van der Waals surface area contributed by atoms with E-state index >= 15 is 0 Å². The third-order valence-corrected chi connectivity index (χ3v) is 2.18. The molecule has 1 heterocycles. The number of ether oxygens (including phenoxy) is 1. The van der Waals surface area contributed by atoms with Gasteiger partial charge in [-0.3, -0.25) is 9.69 Å². The number of hydrogen-bond donors (Lipinski definition) is 0. The van der Waals surface area contributed by atoms with E-state index < -0.39 is 0 Å². The highest BCUT2D eigenvalue weighted by Gasteiger charge is 2.25. The number of esters is 1. The minimum Gasteiger partial charge on any atom is -0.463 e. The maximum Gasteiger partial charge on any atom is 0.320 e. The van der Waals surface area contributed by atoms with E-state index in [2.05, 4.69) is 18.7 Å². The Morgan fingerprint density at radius 1 is 1.67 bits per heavy atom. The molecule has 0 aromatic rings. The van der Waals surface area contributed by atoms with Crippen molar-refractivity contribution in [1.29, 1.82) is 0 Å². The van der Waals surface area contributed by atoms with Crippen LogP contribution in [-0.4, -0.2) is 37.1 Å². The summed E-state index contributed by atoms with van der Waals surface area (Å²) in [6, 6.07) is 0.419. The second kappa shape index (κ2) is 3.90.